The number of hydrogen-bond donors (Lipinski definition) is 3. The molecule has 0 heterocycles. The van der Waals surface area contributed by atoms with Gasteiger partial charge in [-0.3, -0.25) is 4.79 Å². The summed E-state index contributed by atoms with van der Waals surface area (Å²) in [6.45, 7) is 8.66. The summed E-state index contributed by atoms with van der Waals surface area (Å²) >= 11 is 0. The molecule has 14 nitrogen and oxygen atoms in total. The number of benzene rings is 2. The van der Waals surface area contributed by atoms with Crippen molar-refractivity contribution in [3.63, 3.8) is 0 Å². The highest BCUT2D eigenvalue weighted by molar-refractivity contribution is 7.89. The molecule has 0 saturated heterocycles. The number of sulfonamides is 1. The first kappa shape index (κ1) is 41.6. The molecule has 0 fully saturated rings. The van der Waals surface area contributed by atoms with Crippen molar-refractivity contribution >= 4 is 28.0 Å². The SMILES string of the molecule is CCCOCCOCCOCCOCCOCCOCCNS(=O)(=O)c1ccc(Oc2c(F)cc(/C=C(\C)C(=O)N=C(N)N)cc2F)cc1. The largest absolute Gasteiger partial charge is 0.451 e. The number of nitrogens with one attached hydrogen (secondary N) is 1. The second kappa shape index (κ2) is 23.7. The Bertz CT molecular complexity index is 1420. The average molecular weight is 717 g/mol. The van der Waals surface area contributed by atoms with Crippen LogP contribution in [0.2, 0.25) is 0 Å². The van der Waals surface area contributed by atoms with Crippen LogP contribution in [0.4, 0.5) is 8.78 Å². The van der Waals surface area contributed by atoms with Gasteiger partial charge in [0.05, 0.1) is 77.6 Å². The van der Waals surface area contributed by atoms with E-state index in [9.17, 15) is 22.0 Å². The predicted molar refractivity (Wildman–Crippen MR) is 178 cm³/mol. The Kier molecular flexibility index (Phi) is 20.2. The minimum Gasteiger partial charge on any atom is -0.451 e. The van der Waals surface area contributed by atoms with Gasteiger partial charge in [0.2, 0.25) is 10.0 Å². The number of nitrogens with two attached hydrogens (primary N) is 2. The maximum absolute atomic E-state index is 14.7. The standard InChI is InChI=1S/C32H46F2N4O10S/c1-3-9-42-11-13-44-15-17-46-19-20-47-18-16-45-14-12-43-10-8-37-49(40,41)27-6-4-26(5-7-27)48-30-28(33)22-25(23-29(30)34)21-24(2)31(39)38-32(35)36/h4-7,21-23,37H,3,8-20H2,1-2H3,(H4,35,36,38,39)/b24-21+. The molecule has 0 spiro atoms. The van der Waals surface area contributed by atoms with Gasteiger partial charge in [0.25, 0.3) is 5.91 Å². The topological polar surface area (TPSA) is 192 Å². The van der Waals surface area contributed by atoms with E-state index in [2.05, 4.69) is 16.6 Å². The van der Waals surface area contributed by atoms with Crippen LogP contribution in [0.5, 0.6) is 11.5 Å². The summed E-state index contributed by atoms with van der Waals surface area (Å²) in [7, 11) is -3.88. The van der Waals surface area contributed by atoms with Gasteiger partial charge in [-0.2, -0.15) is 4.99 Å². The van der Waals surface area contributed by atoms with Gasteiger partial charge in [-0.15, -0.1) is 0 Å². The van der Waals surface area contributed by atoms with Gasteiger partial charge < -0.3 is 44.6 Å². The van der Waals surface area contributed by atoms with Crippen LogP contribution < -0.4 is 20.9 Å². The number of amides is 1. The van der Waals surface area contributed by atoms with Crippen molar-refractivity contribution in [3.8, 4) is 11.5 Å². The zero-order valence-electron chi connectivity index (χ0n) is 27.8. The van der Waals surface area contributed by atoms with Gasteiger partial charge in [-0.05, 0) is 61.4 Å². The molecule has 0 aliphatic heterocycles. The second-order valence-corrected chi connectivity index (χ2v) is 11.9. The van der Waals surface area contributed by atoms with Crippen molar-refractivity contribution in [3.05, 3.63) is 59.2 Å². The molecule has 274 valence electrons. The van der Waals surface area contributed by atoms with E-state index in [0.29, 0.717) is 59.5 Å². The first-order chi connectivity index (χ1) is 23.5. The summed E-state index contributed by atoms with van der Waals surface area (Å²) in [6, 6.07) is 6.89. The predicted octanol–water partition coefficient (Wildman–Crippen LogP) is 2.75. The molecule has 0 aromatic heterocycles. The van der Waals surface area contributed by atoms with Gasteiger partial charge in [-0.25, -0.2) is 21.9 Å². The number of carbonyl (C=O) groups excluding carboxylic acids is 1. The van der Waals surface area contributed by atoms with Crippen LogP contribution in [0.25, 0.3) is 6.08 Å². The van der Waals surface area contributed by atoms with Gasteiger partial charge in [0.1, 0.15) is 5.75 Å². The van der Waals surface area contributed by atoms with E-state index in [-0.39, 0.29) is 41.5 Å². The zero-order chi connectivity index (χ0) is 35.9. The smallest absolute Gasteiger partial charge is 0.275 e. The molecule has 0 aliphatic carbocycles. The monoisotopic (exact) mass is 716 g/mol. The van der Waals surface area contributed by atoms with E-state index in [1.165, 1.54) is 37.3 Å². The normalized spacial score (nSPS) is 11.9. The molecule has 1 amide bonds. The highest BCUT2D eigenvalue weighted by Crippen LogP contribution is 2.30. The van der Waals surface area contributed by atoms with Crippen LogP contribution in [0, 0.1) is 11.6 Å². The van der Waals surface area contributed by atoms with Gasteiger partial charge in [0, 0.05) is 18.7 Å². The molecular weight excluding hydrogens is 670 g/mol. The number of halogens is 2. The zero-order valence-corrected chi connectivity index (χ0v) is 28.6. The van der Waals surface area contributed by atoms with Gasteiger partial charge in [0.15, 0.2) is 23.3 Å². The van der Waals surface area contributed by atoms with Crippen LogP contribution in [0.3, 0.4) is 0 Å². The van der Waals surface area contributed by atoms with E-state index >= 15 is 0 Å². The number of rotatable bonds is 26. The fourth-order valence-electron chi connectivity index (χ4n) is 3.76. The number of hydrogen-bond acceptors (Lipinski definition) is 10. The summed E-state index contributed by atoms with van der Waals surface area (Å²) in [5.41, 5.74) is 10.4. The molecule has 2 aromatic carbocycles. The van der Waals surface area contributed by atoms with Crippen molar-refractivity contribution in [1.82, 2.24) is 4.72 Å². The molecule has 49 heavy (non-hydrogen) atoms. The molecule has 0 aliphatic rings. The molecule has 2 aromatic rings. The number of nitrogens with zero attached hydrogens (tertiary/aromatic N) is 1. The quantitative estimate of drug-likeness (QED) is 0.0559. The number of ether oxygens (including phenoxy) is 7. The van der Waals surface area contributed by atoms with Crippen LogP contribution in [0.15, 0.2) is 51.9 Å². The van der Waals surface area contributed by atoms with E-state index in [0.717, 1.165) is 25.2 Å². The van der Waals surface area contributed by atoms with Crippen molar-refractivity contribution < 1.29 is 55.2 Å². The van der Waals surface area contributed by atoms with Crippen LogP contribution >= 0.6 is 0 Å². The Morgan fingerprint density at radius 3 is 1.67 bits per heavy atom. The molecule has 0 unspecified atom stereocenters. The summed E-state index contributed by atoms with van der Waals surface area (Å²) < 4.78 is 94.5. The van der Waals surface area contributed by atoms with Crippen molar-refractivity contribution in [2.24, 2.45) is 16.5 Å². The Hall–Kier alpha value is -3.55. The van der Waals surface area contributed by atoms with E-state index in [4.69, 9.17) is 44.6 Å². The molecule has 5 N–H and O–H groups in total. The fraction of sp³-hybridized carbons (Fsp3) is 0.500. The maximum atomic E-state index is 14.7. The molecule has 0 radical (unpaired) electrons. The van der Waals surface area contributed by atoms with E-state index in [1.807, 2.05) is 0 Å². The first-order valence-electron chi connectivity index (χ1n) is 15.6. The highest BCUT2D eigenvalue weighted by atomic mass is 32.2. The van der Waals surface area contributed by atoms with Gasteiger partial charge in [-0.1, -0.05) is 6.92 Å². The third-order valence-corrected chi connectivity index (χ3v) is 7.55. The lowest BCUT2D eigenvalue weighted by atomic mass is 10.1. The van der Waals surface area contributed by atoms with Crippen molar-refractivity contribution in [2.45, 2.75) is 25.2 Å². The molecule has 0 atom stereocenters. The molecule has 0 bridgehead atoms. The highest BCUT2D eigenvalue weighted by Gasteiger charge is 2.17. The minimum atomic E-state index is -3.88. The second-order valence-electron chi connectivity index (χ2n) is 10.1. The summed E-state index contributed by atoms with van der Waals surface area (Å²) in [5, 5.41) is 0. The van der Waals surface area contributed by atoms with Gasteiger partial charge >= 0.3 is 0 Å². The number of aliphatic imine (C=N–C) groups is 1. The van der Waals surface area contributed by atoms with Crippen molar-refractivity contribution in [2.75, 3.05) is 85.8 Å². The Labute approximate surface area is 285 Å². The Balaban J connectivity index is 1.60. The molecule has 2 rings (SSSR count). The third kappa shape index (κ3) is 17.6. The Morgan fingerprint density at radius 1 is 0.776 bits per heavy atom. The summed E-state index contributed by atoms with van der Waals surface area (Å²) in [6.07, 6.45) is 2.20. The van der Waals surface area contributed by atoms with E-state index < -0.39 is 39.3 Å². The first-order valence-corrected chi connectivity index (χ1v) is 17.1. The van der Waals surface area contributed by atoms with Crippen LogP contribution in [-0.4, -0.2) is 106 Å². The number of guanidine groups is 1. The van der Waals surface area contributed by atoms with Crippen LogP contribution in [-0.2, 0) is 43.2 Å². The lowest BCUT2D eigenvalue weighted by Crippen LogP contribution is -2.27. The summed E-state index contributed by atoms with van der Waals surface area (Å²) in [4.78, 5) is 15.1. The maximum Gasteiger partial charge on any atom is 0.275 e. The molecule has 0 saturated carbocycles. The van der Waals surface area contributed by atoms with Crippen molar-refractivity contribution in [1.29, 1.82) is 0 Å². The molecule has 17 heteroatoms. The lowest BCUT2D eigenvalue weighted by molar-refractivity contribution is -0.114. The average Bonchev–Trinajstić information content (AvgIpc) is 3.05. The summed E-state index contributed by atoms with van der Waals surface area (Å²) in [5.74, 6) is -4.02. The Morgan fingerprint density at radius 2 is 1.22 bits per heavy atom. The molecular formula is C32H46F2N4O10S. The fourth-order valence-corrected chi connectivity index (χ4v) is 4.77. The van der Waals surface area contributed by atoms with Crippen LogP contribution in [0.1, 0.15) is 25.8 Å². The number of carbonyl (C=O) groups is 1. The lowest BCUT2D eigenvalue weighted by Gasteiger charge is -2.11. The third-order valence-electron chi connectivity index (χ3n) is 6.07. The minimum absolute atomic E-state index is 0.00798. The van der Waals surface area contributed by atoms with E-state index in [1.54, 1.807) is 0 Å².